The first-order valence-electron chi connectivity index (χ1n) is 11.9. The second-order valence-corrected chi connectivity index (χ2v) is 9.69. The lowest BCUT2D eigenvalue weighted by atomic mass is 9.80. The second kappa shape index (κ2) is 11.1. The topological polar surface area (TPSA) is 70.7 Å². The molecule has 1 heterocycles. The average Bonchev–Trinajstić information content (AvgIpc) is 2.74. The third-order valence-electron chi connectivity index (χ3n) is 6.81. The zero-order valence-electron chi connectivity index (χ0n) is 19.2. The summed E-state index contributed by atoms with van der Waals surface area (Å²) < 4.78 is 13.9. The molecule has 0 radical (unpaired) electrons. The molecular weight excluding hydrogens is 391 g/mol. The van der Waals surface area contributed by atoms with Crippen LogP contribution in [0.4, 0.5) is 4.39 Å². The highest BCUT2D eigenvalue weighted by molar-refractivity contribution is 5.83. The Kier molecular flexibility index (Phi) is 8.47. The second-order valence-electron chi connectivity index (χ2n) is 9.69. The zero-order chi connectivity index (χ0) is 22.3. The summed E-state index contributed by atoms with van der Waals surface area (Å²) in [6.07, 6.45) is 6.22. The van der Waals surface area contributed by atoms with E-state index in [1.54, 1.807) is 6.92 Å². The molecule has 172 valence electrons. The fraction of sp³-hybridized carbons (Fsp3) is 0.680. The number of alkyl halides is 1. The van der Waals surface area contributed by atoms with Gasteiger partial charge in [-0.25, -0.2) is 4.39 Å². The van der Waals surface area contributed by atoms with Gasteiger partial charge in [-0.05, 0) is 70.9 Å². The van der Waals surface area contributed by atoms with Gasteiger partial charge in [0.2, 0.25) is 5.91 Å². The molecule has 1 aromatic rings. The van der Waals surface area contributed by atoms with Gasteiger partial charge in [-0.15, -0.1) is 0 Å². The summed E-state index contributed by atoms with van der Waals surface area (Å²) in [4.78, 5) is 19.3. The maximum absolute atomic E-state index is 13.9. The van der Waals surface area contributed by atoms with Crippen LogP contribution in [-0.4, -0.2) is 54.5 Å². The Morgan fingerprint density at radius 3 is 2.48 bits per heavy atom. The number of nitrogens with one attached hydrogen (secondary N) is 1. The minimum atomic E-state index is -1.02. The number of hydrogen-bond acceptors (Lipinski definition) is 3. The lowest BCUT2D eigenvalue weighted by Gasteiger charge is -2.32. The maximum Gasteiger partial charge on any atom is 0.224 e. The number of aliphatic imine (C=N–C) groups is 1. The minimum absolute atomic E-state index is 0.114. The summed E-state index contributed by atoms with van der Waals surface area (Å²) in [5.74, 6) is 1.08. The number of halogens is 1. The average molecular weight is 431 g/mol. The molecule has 0 aromatic heterocycles. The summed E-state index contributed by atoms with van der Waals surface area (Å²) in [5, 5.41) is 3.20. The lowest BCUT2D eigenvalue weighted by molar-refractivity contribution is -0.121. The number of hydrogen-bond donors (Lipinski definition) is 2. The molecule has 1 aliphatic heterocycles. The first-order chi connectivity index (χ1) is 14.8. The Hall–Kier alpha value is -1.95. The van der Waals surface area contributed by atoms with E-state index < -0.39 is 5.67 Å². The third-order valence-corrected chi connectivity index (χ3v) is 6.81. The van der Waals surface area contributed by atoms with Crippen LogP contribution in [0.15, 0.2) is 29.3 Å². The highest BCUT2D eigenvalue weighted by Crippen LogP contribution is 2.34. The molecule has 3 rings (SSSR count). The fourth-order valence-corrected chi connectivity index (χ4v) is 4.62. The van der Waals surface area contributed by atoms with Gasteiger partial charge in [0.1, 0.15) is 5.67 Å². The predicted molar refractivity (Wildman–Crippen MR) is 125 cm³/mol. The van der Waals surface area contributed by atoms with Crippen LogP contribution in [0.2, 0.25) is 0 Å². The normalized spacial score (nSPS) is 26.0. The van der Waals surface area contributed by atoms with Gasteiger partial charge in [-0.2, -0.15) is 0 Å². The van der Waals surface area contributed by atoms with Crippen molar-refractivity contribution in [1.82, 2.24) is 10.2 Å². The summed E-state index contributed by atoms with van der Waals surface area (Å²) in [6.45, 7) is 7.50. The van der Waals surface area contributed by atoms with E-state index in [-0.39, 0.29) is 17.9 Å². The van der Waals surface area contributed by atoms with Crippen molar-refractivity contribution in [3.8, 4) is 0 Å². The molecule has 0 unspecified atom stereocenters. The van der Waals surface area contributed by atoms with Gasteiger partial charge in [0.25, 0.3) is 0 Å². The van der Waals surface area contributed by atoms with Crippen molar-refractivity contribution in [3.63, 3.8) is 0 Å². The zero-order valence-corrected chi connectivity index (χ0v) is 19.2. The van der Waals surface area contributed by atoms with E-state index >= 15 is 0 Å². The molecule has 1 amide bonds. The molecule has 1 saturated carbocycles. The number of aryl methyl sites for hydroxylation is 1. The number of amides is 1. The standard InChI is InChI=1S/C25H39FN4O/c1-19-4-6-20(7-5-19)18-23(31)29-22-10-16-30(17-11-22)15-3-14-28-24(27)21-8-12-25(2,26)13-9-21/h4-7,21-22H,3,8-18H2,1-2H3,(H2,27,28)(H,29,31). The molecule has 0 bridgehead atoms. The number of amidine groups is 1. The molecule has 3 N–H and O–H groups in total. The Morgan fingerprint density at radius 1 is 1.19 bits per heavy atom. The number of carbonyl (C=O) groups is 1. The van der Waals surface area contributed by atoms with Crippen molar-refractivity contribution in [2.45, 2.75) is 76.9 Å². The van der Waals surface area contributed by atoms with Crippen LogP contribution in [0.5, 0.6) is 0 Å². The van der Waals surface area contributed by atoms with Crippen LogP contribution < -0.4 is 11.1 Å². The third kappa shape index (κ3) is 7.91. The van der Waals surface area contributed by atoms with E-state index in [1.165, 1.54) is 5.56 Å². The Labute approximate surface area is 186 Å². The number of carbonyl (C=O) groups excluding carboxylic acids is 1. The number of nitrogens with two attached hydrogens (primary N) is 1. The quantitative estimate of drug-likeness (QED) is 0.375. The van der Waals surface area contributed by atoms with E-state index in [1.807, 2.05) is 24.3 Å². The first-order valence-corrected chi connectivity index (χ1v) is 11.9. The summed E-state index contributed by atoms with van der Waals surface area (Å²) in [7, 11) is 0. The fourth-order valence-electron chi connectivity index (χ4n) is 4.62. The van der Waals surface area contributed by atoms with Gasteiger partial charge >= 0.3 is 0 Å². The number of nitrogens with zero attached hydrogens (tertiary/aromatic N) is 2. The highest BCUT2D eigenvalue weighted by atomic mass is 19.1. The molecule has 1 saturated heterocycles. The number of piperidine rings is 1. The van der Waals surface area contributed by atoms with Crippen molar-refractivity contribution in [2.24, 2.45) is 16.6 Å². The van der Waals surface area contributed by atoms with Gasteiger partial charge in [0.15, 0.2) is 0 Å². The van der Waals surface area contributed by atoms with Crippen LogP contribution in [-0.2, 0) is 11.2 Å². The summed E-state index contributed by atoms with van der Waals surface area (Å²) >= 11 is 0. The number of rotatable bonds is 8. The van der Waals surface area contributed by atoms with Crippen LogP contribution in [0.1, 0.15) is 63.0 Å². The molecule has 0 spiro atoms. The Bertz CT molecular complexity index is 728. The van der Waals surface area contributed by atoms with Crippen molar-refractivity contribution in [3.05, 3.63) is 35.4 Å². The van der Waals surface area contributed by atoms with Crippen LogP contribution >= 0.6 is 0 Å². The Balaban J connectivity index is 1.29. The molecule has 5 nitrogen and oxygen atoms in total. The molecule has 1 aromatic carbocycles. The minimum Gasteiger partial charge on any atom is -0.387 e. The largest absolute Gasteiger partial charge is 0.387 e. The predicted octanol–water partition coefficient (Wildman–Crippen LogP) is 3.78. The van der Waals surface area contributed by atoms with Crippen molar-refractivity contribution >= 4 is 11.7 Å². The lowest BCUT2D eigenvalue weighted by Crippen LogP contribution is -2.45. The van der Waals surface area contributed by atoms with Crippen molar-refractivity contribution in [2.75, 3.05) is 26.2 Å². The van der Waals surface area contributed by atoms with Gasteiger partial charge in [-0.3, -0.25) is 9.79 Å². The van der Waals surface area contributed by atoms with Gasteiger partial charge < -0.3 is 16.0 Å². The van der Waals surface area contributed by atoms with Gasteiger partial charge in [0, 0.05) is 31.6 Å². The van der Waals surface area contributed by atoms with Crippen LogP contribution in [0, 0.1) is 12.8 Å². The van der Waals surface area contributed by atoms with E-state index in [0.29, 0.717) is 25.1 Å². The number of benzene rings is 1. The number of likely N-dealkylation sites (tertiary alicyclic amines) is 1. The molecular formula is C25H39FN4O. The van der Waals surface area contributed by atoms with Crippen molar-refractivity contribution in [1.29, 1.82) is 0 Å². The van der Waals surface area contributed by atoms with E-state index in [2.05, 4.69) is 22.1 Å². The molecule has 0 atom stereocenters. The SMILES string of the molecule is Cc1ccc(CC(=O)NC2CCN(CCCN=C(N)C3CCC(C)(F)CC3)CC2)cc1. The molecule has 2 fully saturated rings. The van der Waals surface area contributed by atoms with Crippen LogP contribution in [0.25, 0.3) is 0 Å². The molecule has 1 aliphatic carbocycles. The molecule has 31 heavy (non-hydrogen) atoms. The van der Waals surface area contributed by atoms with Crippen molar-refractivity contribution < 1.29 is 9.18 Å². The van der Waals surface area contributed by atoms with E-state index in [0.717, 1.165) is 63.8 Å². The van der Waals surface area contributed by atoms with Gasteiger partial charge in [-0.1, -0.05) is 29.8 Å². The first kappa shape index (κ1) is 23.7. The monoisotopic (exact) mass is 430 g/mol. The van der Waals surface area contributed by atoms with E-state index in [9.17, 15) is 9.18 Å². The van der Waals surface area contributed by atoms with E-state index in [4.69, 9.17) is 5.73 Å². The summed E-state index contributed by atoms with van der Waals surface area (Å²) in [5.41, 5.74) is 7.41. The summed E-state index contributed by atoms with van der Waals surface area (Å²) in [6, 6.07) is 8.43. The van der Waals surface area contributed by atoms with Gasteiger partial charge in [0.05, 0.1) is 12.3 Å². The van der Waals surface area contributed by atoms with Crippen LogP contribution in [0.3, 0.4) is 0 Å². The Morgan fingerprint density at radius 2 is 1.84 bits per heavy atom. The smallest absolute Gasteiger partial charge is 0.224 e. The molecule has 2 aliphatic rings. The highest BCUT2D eigenvalue weighted by Gasteiger charge is 2.32. The maximum atomic E-state index is 13.9. The molecule has 6 heteroatoms.